The number of rotatable bonds is 12. The minimum atomic E-state index is -4.19. The van der Waals surface area contributed by atoms with E-state index in [0.29, 0.717) is 17.4 Å². The van der Waals surface area contributed by atoms with Crippen molar-refractivity contribution in [2.75, 3.05) is 17.5 Å². The molecule has 1 N–H and O–H groups in total. The van der Waals surface area contributed by atoms with Crippen molar-refractivity contribution in [3.8, 4) is 5.75 Å². The molecular formula is C31H35BrClN3O5S. The predicted molar refractivity (Wildman–Crippen MR) is 168 cm³/mol. The van der Waals surface area contributed by atoms with E-state index < -0.39 is 28.5 Å². The van der Waals surface area contributed by atoms with E-state index in [1.807, 2.05) is 31.2 Å². The molecule has 1 atom stereocenters. The highest BCUT2D eigenvalue weighted by Gasteiger charge is 2.33. The summed E-state index contributed by atoms with van der Waals surface area (Å²) in [6.45, 7) is 3.59. The van der Waals surface area contributed by atoms with E-state index in [-0.39, 0.29) is 29.1 Å². The van der Waals surface area contributed by atoms with Gasteiger partial charge in [-0.25, -0.2) is 8.42 Å². The highest BCUT2D eigenvalue weighted by molar-refractivity contribution is 9.10. The molecule has 1 fully saturated rings. The third-order valence-corrected chi connectivity index (χ3v) is 9.76. The number of halogens is 2. The molecule has 3 aromatic carbocycles. The van der Waals surface area contributed by atoms with Crippen LogP contribution in [0.1, 0.15) is 45.1 Å². The topological polar surface area (TPSA) is 96.0 Å². The molecule has 3 aromatic rings. The van der Waals surface area contributed by atoms with Crippen molar-refractivity contribution >= 4 is 55.1 Å². The molecule has 1 aliphatic carbocycles. The lowest BCUT2D eigenvalue weighted by Crippen LogP contribution is -2.52. The number of ether oxygens (including phenoxy) is 1. The maximum atomic E-state index is 14.1. The zero-order valence-corrected chi connectivity index (χ0v) is 26.8. The molecule has 0 spiro atoms. The molecule has 4 rings (SSSR count). The number of sulfonamides is 1. The summed E-state index contributed by atoms with van der Waals surface area (Å²) in [5, 5.41) is 3.46. The van der Waals surface area contributed by atoms with Crippen molar-refractivity contribution in [1.82, 2.24) is 10.2 Å². The lowest BCUT2D eigenvalue weighted by atomic mass is 10.1. The largest absolute Gasteiger partial charge is 0.494 e. The van der Waals surface area contributed by atoms with Gasteiger partial charge in [0.15, 0.2) is 0 Å². The Balaban J connectivity index is 1.69. The Labute approximate surface area is 261 Å². The average molecular weight is 677 g/mol. The number of hydrogen-bond donors (Lipinski definition) is 1. The molecule has 11 heteroatoms. The number of benzene rings is 3. The van der Waals surface area contributed by atoms with Crippen LogP contribution in [0.25, 0.3) is 0 Å². The third-order valence-electron chi connectivity index (χ3n) is 7.23. The van der Waals surface area contributed by atoms with Gasteiger partial charge in [0.05, 0.1) is 17.2 Å². The first-order chi connectivity index (χ1) is 20.1. The summed E-state index contributed by atoms with van der Waals surface area (Å²) < 4.78 is 35.3. The highest BCUT2D eigenvalue weighted by atomic mass is 79.9. The van der Waals surface area contributed by atoms with Gasteiger partial charge in [0.2, 0.25) is 11.8 Å². The normalized spacial score (nSPS) is 14.3. The van der Waals surface area contributed by atoms with Gasteiger partial charge >= 0.3 is 0 Å². The molecule has 0 radical (unpaired) electrons. The number of carbonyl (C=O) groups excluding carboxylic acids is 2. The van der Waals surface area contributed by atoms with E-state index in [1.54, 1.807) is 31.2 Å². The van der Waals surface area contributed by atoms with Crippen LogP contribution in [-0.2, 0) is 26.2 Å². The minimum absolute atomic E-state index is 0.0147. The highest BCUT2D eigenvalue weighted by Crippen LogP contribution is 2.28. The van der Waals surface area contributed by atoms with Crippen LogP contribution >= 0.6 is 27.5 Å². The summed E-state index contributed by atoms with van der Waals surface area (Å²) in [5.41, 5.74) is 1.08. The van der Waals surface area contributed by atoms with E-state index in [1.165, 1.54) is 29.2 Å². The first-order valence-corrected chi connectivity index (χ1v) is 16.5. The van der Waals surface area contributed by atoms with Crippen LogP contribution in [-0.4, -0.2) is 50.4 Å². The fourth-order valence-corrected chi connectivity index (χ4v) is 6.93. The molecule has 1 unspecified atom stereocenters. The molecule has 8 nitrogen and oxygen atoms in total. The monoisotopic (exact) mass is 675 g/mol. The van der Waals surface area contributed by atoms with Crippen molar-refractivity contribution in [2.24, 2.45) is 0 Å². The van der Waals surface area contributed by atoms with Gasteiger partial charge in [0, 0.05) is 22.1 Å². The van der Waals surface area contributed by atoms with Crippen LogP contribution in [0, 0.1) is 0 Å². The van der Waals surface area contributed by atoms with Crippen LogP contribution in [0.3, 0.4) is 0 Å². The van der Waals surface area contributed by atoms with Crippen molar-refractivity contribution in [3.63, 3.8) is 0 Å². The SMILES string of the molecule is CCOc1ccc(N(CC(=O)N(Cc2cccc(Br)c2)C(C)C(=O)NC2CCCC2)S(=O)(=O)c2ccc(Cl)cc2)cc1. The minimum Gasteiger partial charge on any atom is -0.494 e. The Morgan fingerprint density at radius 3 is 2.33 bits per heavy atom. The molecule has 0 aromatic heterocycles. The Kier molecular flexibility index (Phi) is 10.9. The molecule has 1 aliphatic rings. The maximum absolute atomic E-state index is 14.1. The van der Waals surface area contributed by atoms with Gasteiger partial charge in [-0.3, -0.25) is 13.9 Å². The van der Waals surface area contributed by atoms with Gasteiger partial charge < -0.3 is 15.0 Å². The standard InChI is InChI=1S/C31H35BrClN3O5S/c1-3-41-28-15-13-27(14-16-28)36(42(39,40)29-17-11-25(33)12-18-29)21-30(37)35(20-23-7-6-8-24(32)19-23)22(2)31(38)34-26-9-4-5-10-26/h6-8,11-19,22,26H,3-5,9-10,20-21H2,1-2H3,(H,34,38). The van der Waals surface area contributed by atoms with E-state index in [9.17, 15) is 18.0 Å². The molecule has 0 aliphatic heterocycles. The zero-order chi connectivity index (χ0) is 30.3. The zero-order valence-electron chi connectivity index (χ0n) is 23.6. The number of hydrogen-bond acceptors (Lipinski definition) is 5. The molecule has 0 bridgehead atoms. The molecule has 224 valence electrons. The molecule has 0 saturated heterocycles. The summed E-state index contributed by atoms with van der Waals surface area (Å²) in [6, 6.07) is 19.0. The van der Waals surface area contributed by atoms with Crippen molar-refractivity contribution < 1.29 is 22.7 Å². The summed E-state index contributed by atoms with van der Waals surface area (Å²) in [7, 11) is -4.19. The Morgan fingerprint density at radius 2 is 1.71 bits per heavy atom. The number of amides is 2. The Hall–Kier alpha value is -3.08. The number of anilines is 1. The van der Waals surface area contributed by atoms with Gasteiger partial charge in [-0.2, -0.15) is 0 Å². The first-order valence-electron chi connectivity index (χ1n) is 13.9. The lowest BCUT2D eigenvalue weighted by molar-refractivity contribution is -0.139. The van der Waals surface area contributed by atoms with Crippen LogP contribution in [0.5, 0.6) is 5.75 Å². The summed E-state index contributed by atoms with van der Waals surface area (Å²) in [5.74, 6) is -0.209. The van der Waals surface area contributed by atoms with Crippen LogP contribution in [0.4, 0.5) is 5.69 Å². The molecule has 2 amide bonds. The number of carbonyl (C=O) groups is 2. The fourth-order valence-electron chi connectivity index (χ4n) is 4.94. The maximum Gasteiger partial charge on any atom is 0.264 e. The van der Waals surface area contributed by atoms with Crippen LogP contribution in [0.2, 0.25) is 5.02 Å². The van der Waals surface area contributed by atoms with E-state index in [4.69, 9.17) is 16.3 Å². The second-order valence-corrected chi connectivity index (χ2v) is 13.4. The van der Waals surface area contributed by atoms with E-state index in [2.05, 4.69) is 21.2 Å². The second kappa shape index (κ2) is 14.4. The van der Waals surface area contributed by atoms with Gasteiger partial charge in [0.1, 0.15) is 18.3 Å². The third kappa shape index (κ3) is 8.05. The smallest absolute Gasteiger partial charge is 0.264 e. The lowest BCUT2D eigenvalue weighted by Gasteiger charge is -2.32. The quantitative estimate of drug-likeness (QED) is 0.248. The van der Waals surface area contributed by atoms with Crippen LogP contribution in [0.15, 0.2) is 82.2 Å². The second-order valence-electron chi connectivity index (χ2n) is 10.2. The van der Waals surface area contributed by atoms with Gasteiger partial charge in [-0.15, -0.1) is 0 Å². The van der Waals surface area contributed by atoms with Gasteiger partial charge in [-0.1, -0.05) is 52.5 Å². The number of nitrogens with one attached hydrogen (secondary N) is 1. The summed E-state index contributed by atoms with van der Waals surface area (Å²) in [6.07, 6.45) is 3.92. The Bertz CT molecular complexity index is 1480. The van der Waals surface area contributed by atoms with Gasteiger partial charge in [0.25, 0.3) is 10.0 Å². The van der Waals surface area contributed by atoms with Crippen molar-refractivity contribution in [2.45, 2.75) is 63.1 Å². The van der Waals surface area contributed by atoms with Crippen molar-refractivity contribution in [3.05, 3.63) is 87.9 Å². The average Bonchev–Trinajstić information content (AvgIpc) is 3.48. The number of nitrogens with zero attached hydrogens (tertiary/aromatic N) is 2. The summed E-state index contributed by atoms with van der Waals surface area (Å²) >= 11 is 9.49. The summed E-state index contributed by atoms with van der Waals surface area (Å²) in [4.78, 5) is 28.8. The molecule has 1 saturated carbocycles. The molecule has 0 heterocycles. The van der Waals surface area contributed by atoms with Gasteiger partial charge in [-0.05, 0) is 92.9 Å². The first kappa shape index (κ1) is 31.8. The molecular weight excluding hydrogens is 642 g/mol. The predicted octanol–water partition coefficient (Wildman–Crippen LogP) is 6.17. The Morgan fingerprint density at radius 1 is 1.05 bits per heavy atom. The van der Waals surface area contributed by atoms with Crippen LogP contribution < -0.4 is 14.4 Å². The molecule has 42 heavy (non-hydrogen) atoms. The van der Waals surface area contributed by atoms with E-state index >= 15 is 0 Å². The fraction of sp³-hybridized carbons (Fsp3) is 0.355. The van der Waals surface area contributed by atoms with E-state index in [0.717, 1.165) is 40.0 Å². The van der Waals surface area contributed by atoms with Crippen molar-refractivity contribution in [1.29, 1.82) is 0 Å².